The van der Waals surface area contributed by atoms with E-state index in [0.29, 0.717) is 5.69 Å². The van der Waals surface area contributed by atoms with Gasteiger partial charge in [-0.1, -0.05) is 0 Å². The molecule has 25 heavy (non-hydrogen) atoms. The van der Waals surface area contributed by atoms with Gasteiger partial charge in [0, 0.05) is 5.69 Å². The number of carbonyl (C=O) groups is 2. The molecule has 2 rings (SSSR count). The quantitative estimate of drug-likeness (QED) is 0.657. The summed E-state index contributed by atoms with van der Waals surface area (Å²) in [6.07, 6.45) is -4.83. The number of carbonyl (C=O) groups excluding carboxylic acids is 2. The second-order valence-corrected chi connectivity index (χ2v) is 4.70. The molecule has 1 N–H and O–H groups in total. The minimum absolute atomic E-state index is 0.0518. The first-order valence-electron chi connectivity index (χ1n) is 6.81. The lowest BCUT2D eigenvalue weighted by Crippen LogP contribution is -2.21. The first kappa shape index (κ1) is 18.2. The van der Waals surface area contributed by atoms with Crippen LogP contribution in [0.1, 0.15) is 10.4 Å². The number of esters is 1. The number of halogens is 4. The summed E-state index contributed by atoms with van der Waals surface area (Å²) < 4.78 is 57.2. The SMILES string of the molecule is O=C(COC(=O)c1ccc(OC(F)(F)F)cc1)Nc1ccc(F)cc1. The van der Waals surface area contributed by atoms with Crippen molar-refractivity contribution >= 4 is 17.6 Å². The van der Waals surface area contributed by atoms with Crippen molar-refractivity contribution < 1.29 is 36.6 Å². The lowest BCUT2D eigenvalue weighted by atomic mass is 10.2. The van der Waals surface area contributed by atoms with Gasteiger partial charge in [0.2, 0.25) is 0 Å². The summed E-state index contributed by atoms with van der Waals surface area (Å²) in [5.41, 5.74) is 0.264. The average molecular weight is 357 g/mol. The molecule has 0 radical (unpaired) electrons. The Hall–Kier alpha value is -3.10. The molecule has 0 aliphatic heterocycles. The number of benzene rings is 2. The molecule has 0 aliphatic rings. The highest BCUT2D eigenvalue weighted by Crippen LogP contribution is 2.22. The molecule has 2 aromatic carbocycles. The number of amides is 1. The van der Waals surface area contributed by atoms with Crippen molar-refractivity contribution in [3.63, 3.8) is 0 Å². The van der Waals surface area contributed by atoms with E-state index in [2.05, 4.69) is 10.1 Å². The molecule has 1 amide bonds. The van der Waals surface area contributed by atoms with Gasteiger partial charge >= 0.3 is 12.3 Å². The minimum Gasteiger partial charge on any atom is -0.452 e. The van der Waals surface area contributed by atoms with Gasteiger partial charge in [0.25, 0.3) is 5.91 Å². The monoisotopic (exact) mass is 357 g/mol. The van der Waals surface area contributed by atoms with E-state index in [0.717, 1.165) is 36.4 Å². The first-order valence-corrected chi connectivity index (χ1v) is 6.81. The van der Waals surface area contributed by atoms with E-state index in [9.17, 15) is 27.2 Å². The van der Waals surface area contributed by atoms with Crippen LogP contribution in [0.2, 0.25) is 0 Å². The van der Waals surface area contributed by atoms with Crippen molar-refractivity contribution in [2.45, 2.75) is 6.36 Å². The van der Waals surface area contributed by atoms with E-state index in [1.165, 1.54) is 12.1 Å². The van der Waals surface area contributed by atoms with E-state index in [-0.39, 0.29) is 5.56 Å². The Labute approximate surface area is 139 Å². The summed E-state index contributed by atoms with van der Waals surface area (Å²) in [5, 5.41) is 2.38. The van der Waals surface area contributed by atoms with Gasteiger partial charge in [-0.05, 0) is 48.5 Å². The van der Waals surface area contributed by atoms with Gasteiger partial charge in [0.05, 0.1) is 5.56 Å². The molecule has 0 saturated heterocycles. The molecular weight excluding hydrogens is 346 g/mol. The van der Waals surface area contributed by atoms with E-state index in [1.807, 2.05) is 0 Å². The highest BCUT2D eigenvalue weighted by molar-refractivity contribution is 5.95. The predicted octanol–water partition coefficient (Wildman–Crippen LogP) is 3.52. The number of rotatable bonds is 5. The lowest BCUT2D eigenvalue weighted by Gasteiger charge is -2.09. The van der Waals surface area contributed by atoms with Crippen LogP contribution < -0.4 is 10.1 Å². The Morgan fingerprint density at radius 3 is 2.12 bits per heavy atom. The van der Waals surface area contributed by atoms with Crippen LogP contribution in [0.5, 0.6) is 5.75 Å². The Bertz CT molecular complexity index is 742. The molecule has 0 saturated carbocycles. The maximum atomic E-state index is 12.7. The Balaban J connectivity index is 1.85. The number of hydrogen-bond donors (Lipinski definition) is 1. The summed E-state index contributed by atoms with van der Waals surface area (Å²) in [6.45, 7) is -0.614. The molecule has 0 aliphatic carbocycles. The molecule has 0 fully saturated rings. The summed E-state index contributed by atoms with van der Waals surface area (Å²) in [7, 11) is 0. The van der Waals surface area contributed by atoms with Crippen molar-refractivity contribution in [2.24, 2.45) is 0 Å². The number of anilines is 1. The standard InChI is InChI=1S/C16H11F4NO4/c17-11-3-5-12(6-4-11)21-14(22)9-24-15(23)10-1-7-13(8-2-10)25-16(18,19)20/h1-8H,9H2,(H,21,22). The normalized spacial score (nSPS) is 10.9. The zero-order chi connectivity index (χ0) is 18.4. The highest BCUT2D eigenvalue weighted by Gasteiger charge is 2.31. The van der Waals surface area contributed by atoms with Crippen molar-refractivity contribution in [2.75, 3.05) is 11.9 Å². The van der Waals surface area contributed by atoms with Crippen LogP contribution in [0.15, 0.2) is 48.5 Å². The molecule has 0 heterocycles. The molecule has 0 bridgehead atoms. The van der Waals surface area contributed by atoms with Gasteiger partial charge in [-0.15, -0.1) is 13.2 Å². The fraction of sp³-hybridized carbons (Fsp3) is 0.125. The maximum absolute atomic E-state index is 12.7. The van der Waals surface area contributed by atoms with Crippen molar-refractivity contribution in [3.05, 3.63) is 59.9 Å². The van der Waals surface area contributed by atoms with Gasteiger partial charge in [-0.25, -0.2) is 9.18 Å². The van der Waals surface area contributed by atoms with E-state index in [4.69, 9.17) is 4.74 Å². The second-order valence-electron chi connectivity index (χ2n) is 4.70. The fourth-order valence-electron chi connectivity index (χ4n) is 1.74. The summed E-state index contributed by atoms with van der Waals surface area (Å²) >= 11 is 0. The van der Waals surface area contributed by atoms with E-state index >= 15 is 0 Å². The van der Waals surface area contributed by atoms with Gasteiger partial charge < -0.3 is 14.8 Å². The average Bonchev–Trinajstić information content (AvgIpc) is 2.54. The van der Waals surface area contributed by atoms with Crippen LogP contribution in [0.4, 0.5) is 23.2 Å². The summed E-state index contributed by atoms with van der Waals surface area (Å²) in [4.78, 5) is 23.3. The molecule has 0 atom stereocenters. The van der Waals surface area contributed by atoms with E-state index in [1.54, 1.807) is 0 Å². The van der Waals surface area contributed by atoms with Crippen LogP contribution in [0, 0.1) is 5.82 Å². The zero-order valence-electron chi connectivity index (χ0n) is 12.5. The van der Waals surface area contributed by atoms with Gasteiger partial charge in [0.1, 0.15) is 11.6 Å². The Morgan fingerprint density at radius 2 is 1.56 bits per heavy atom. The van der Waals surface area contributed by atoms with Crippen molar-refractivity contribution in [3.8, 4) is 5.75 Å². The molecule has 132 valence electrons. The maximum Gasteiger partial charge on any atom is 0.573 e. The minimum atomic E-state index is -4.83. The molecule has 5 nitrogen and oxygen atoms in total. The molecule has 0 spiro atoms. The Morgan fingerprint density at radius 1 is 0.960 bits per heavy atom. The van der Waals surface area contributed by atoms with E-state index < -0.39 is 36.4 Å². The number of ether oxygens (including phenoxy) is 2. The van der Waals surface area contributed by atoms with Crippen LogP contribution in [-0.4, -0.2) is 24.8 Å². The smallest absolute Gasteiger partial charge is 0.452 e. The van der Waals surface area contributed by atoms with Gasteiger partial charge in [0.15, 0.2) is 6.61 Å². The lowest BCUT2D eigenvalue weighted by molar-refractivity contribution is -0.274. The Kier molecular flexibility index (Phi) is 5.58. The van der Waals surface area contributed by atoms with Crippen molar-refractivity contribution in [1.82, 2.24) is 0 Å². The summed E-state index contributed by atoms with van der Waals surface area (Å²) in [6, 6.07) is 8.98. The molecule has 0 unspecified atom stereocenters. The third-order valence-electron chi connectivity index (χ3n) is 2.79. The molecular formula is C16H11F4NO4. The topological polar surface area (TPSA) is 64.6 Å². The summed E-state index contributed by atoms with van der Waals surface area (Å²) in [5.74, 6) is -2.51. The number of alkyl halides is 3. The third-order valence-corrected chi connectivity index (χ3v) is 2.79. The first-order chi connectivity index (χ1) is 11.7. The largest absolute Gasteiger partial charge is 0.573 e. The van der Waals surface area contributed by atoms with Crippen molar-refractivity contribution in [1.29, 1.82) is 0 Å². The fourth-order valence-corrected chi connectivity index (χ4v) is 1.74. The third kappa shape index (κ3) is 6.13. The zero-order valence-corrected chi connectivity index (χ0v) is 12.5. The number of nitrogens with one attached hydrogen (secondary N) is 1. The predicted molar refractivity (Wildman–Crippen MR) is 78.4 cm³/mol. The molecule has 2 aromatic rings. The number of hydrogen-bond acceptors (Lipinski definition) is 4. The molecule has 0 aromatic heterocycles. The van der Waals surface area contributed by atoms with Crippen LogP contribution in [0.25, 0.3) is 0 Å². The van der Waals surface area contributed by atoms with Crippen LogP contribution in [-0.2, 0) is 9.53 Å². The van der Waals surface area contributed by atoms with Gasteiger partial charge in [-0.3, -0.25) is 4.79 Å². The second kappa shape index (κ2) is 7.65. The molecule has 9 heteroatoms. The van der Waals surface area contributed by atoms with Gasteiger partial charge in [-0.2, -0.15) is 0 Å². The highest BCUT2D eigenvalue weighted by atomic mass is 19.4. The van der Waals surface area contributed by atoms with Crippen LogP contribution >= 0.6 is 0 Å². The van der Waals surface area contributed by atoms with Crippen LogP contribution in [0.3, 0.4) is 0 Å².